The normalized spacial score (nSPS) is 17.0. The van der Waals surface area contributed by atoms with E-state index in [2.05, 4.69) is 22.3 Å². The molecular formula is C19H22N2O2. The first-order chi connectivity index (χ1) is 11.2. The van der Waals surface area contributed by atoms with E-state index in [4.69, 9.17) is 4.74 Å². The van der Waals surface area contributed by atoms with Gasteiger partial charge >= 0.3 is 0 Å². The first kappa shape index (κ1) is 15.6. The summed E-state index contributed by atoms with van der Waals surface area (Å²) in [7, 11) is 2.03. The molecule has 0 saturated carbocycles. The van der Waals surface area contributed by atoms with E-state index >= 15 is 0 Å². The summed E-state index contributed by atoms with van der Waals surface area (Å²) in [6, 6.07) is 18.2. The van der Waals surface area contributed by atoms with Crippen LogP contribution in [0.4, 0.5) is 11.4 Å². The van der Waals surface area contributed by atoms with Gasteiger partial charge < -0.3 is 15.0 Å². The standard InChI is InChI=1S/C19H22N2O2/c1-21(14-15-8-3-2-4-9-15)17-11-6-5-10-16(17)20-19(22)18-12-7-13-23-18/h2-6,8-11,18H,7,12-14H2,1H3,(H,20,22)/t18-/m1/s1. The quantitative estimate of drug-likeness (QED) is 0.920. The lowest BCUT2D eigenvalue weighted by Gasteiger charge is -2.23. The maximum Gasteiger partial charge on any atom is 0.253 e. The molecule has 1 fully saturated rings. The van der Waals surface area contributed by atoms with Gasteiger partial charge in [-0.2, -0.15) is 0 Å². The molecule has 23 heavy (non-hydrogen) atoms. The number of rotatable bonds is 5. The van der Waals surface area contributed by atoms with Gasteiger partial charge in [0.15, 0.2) is 0 Å². The van der Waals surface area contributed by atoms with Crippen LogP contribution in [0.5, 0.6) is 0 Å². The Balaban J connectivity index is 1.73. The minimum Gasteiger partial charge on any atom is -0.369 e. The molecule has 1 saturated heterocycles. The second-order valence-electron chi connectivity index (χ2n) is 5.85. The number of nitrogens with one attached hydrogen (secondary N) is 1. The third-order valence-corrected chi connectivity index (χ3v) is 4.06. The van der Waals surface area contributed by atoms with Crippen molar-refractivity contribution < 1.29 is 9.53 Å². The molecule has 1 heterocycles. The molecule has 1 aliphatic rings. The summed E-state index contributed by atoms with van der Waals surface area (Å²) in [5, 5.41) is 3.01. The fourth-order valence-electron chi connectivity index (χ4n) is 2.85. The number of carbonyl (C=O) groups is 1. The zero-order valence-corrected chi connectivity index (χ0v) is 13.4. The molecule has 1 aliphatic heterocycles. The van der Waals surface area contributed by atoms with Gasteiger partial charge in [-0.25, -0.2) is 0 Å². The lowest BCUT2D eigenvalue weighted by atomic mass is 10.1. The van der Waals surface area contributed by atoms with Crippen LogP contribution < -0.4 is 10.2 Å². The lowest BCUT2D eigenvalue weighted by molar-refractivity contribution is -0.124. The highest BCUT2D eigenvalue weighted by Crippen LogP contribution is 2.27. The molecule has 4 heteroatoms. The van der Waals surface area contributed by atoms with Crippen LogP contribution in [0.15, 0.2) is 54.6 Å². The zero-order chi connectivity index (χ0) is 16.1. The summed E-state index contributed by atoms with van der Waals surface area (Å²) in [6.07, 6.45) is 1.43. The van der Waals surface area contributed by atoms with E-state index in [1.807, 2.05) is 49.5 Å². The molecule has 4 nitrogen and oxygen atoms in total. The highest BCUT2D eigenvalue weighted by Gasteiger charge is 2.24. The minimum atomic E-state index is -0.317. The van der Waals surface area contributed by atoms with Gasteiger partial charge in [-0.15, -0.1) is 0 Å². The average molecular weight is 310 g/mol. The van der Waals surface area contributed by atoms with Crippen molar-refractivity contribution in [1.29, 1.82) is 0 Å². The van der Waals surface area contributed by atoms with E-state index in [-0.39, 0.29) is 12.0 Å². The third-order valence-electron chi connectivity index (χ3n) is 4.06. The number of anilines is 2. The summed E-state index contributed by atoms with van der Waals surface area (Å²) < 4.78 is 5.46. The van der Waals surface area contributed by atoms with Crippen molar-refractivity contribution in [3.8, 4) is 0 Å². The van der Waals surface area contributed by atoms with E-state index in [0.29, 0.717) is 6.61 Å². The molecule has 120 valence electrons. The molecule has 0 aromatic heterocycles. The molecule has 0 aliphatic carbocycles. The molecule has 0 bridgehead atoms. The molecular weight excluding hydrogens is 288 g/mol. The Hall–Kier alpha value is -2.33. The summed E-state index contributed by atoms with van der Waals surface area (Å²) >= 11 is 0. The van der Waals surface area contributed by atoms with Gasteiger partial charge in [-0.1, -0.05) is 42.5 Å². The first-order valence-electron chi connectivity index (χ1n) is 8.00. The Morgan fingerprint density at radius 2 is 1.91 bits per heavy atom. The number of hydrogen-bond donors (Lipinski definition) is 1. The van der Waals surface area contributed by atoms with Crippen molar-refractivity contribution in [3.05, 3.63) is 60.2 Å². The minimum absolute atomic E-state index is 0.0527. The molecule has 0 radical (unpaired) electrons. The molecule has 0 spiro atoms. The summed E-state index contributed by atoms with van der Waals surface area (Å²) in [5.74, 6) is -0.0527. The molecule has 2 aromatic rings. The van der Waals surface area contributed by atoms with Crippen LogP contribution in [0.2, 0.25) is 0 Å². The topological polar surface area (TPSA) is 41.6 Å². The average Bonchev–Trinajstić information content (AvgIpc) is 3.11. The van der Waals surface area contributed by atoms with Gasteiger partial charge in [-0.3, -0.25) is 4.79 Å². The Labute approximate surface area is 137 Å². The van der Waals surface area contributed by atoms with Gasteiger partial charge in [-0.05, 0) is 30.5 Å². The summed E-state index contributed by atoms with van der Waals surface area (Å²) in [6.45, 7) is 1.46. The van der Waals surface area contributed by atoms with Crippen LogP contribution in [0.1, 0.15) is 18.4 Å². The highest BCUT2D eigenvalue weighted by atomic mass is 16.5. The SMILES string of the molecule is CN(Cc1ccccc1)c1ccccc1NC(=O)[C@H]1CCCO1. The predicted molar refractivity (Wildman–Crippen MR) is 92.6 cm³/mol. The first-order valence-corrected chi connectivity index (χ1v) is 8.00. The van der Waals surface area contributed by atoms with Crippen molar-refractivity contribution in [2.75, 3.05) is 23.9 Å². The van der Waals surface area contributed by atoms with Crippen molar-refractivity contribution in [2.24, 2.45) is 0 Å². The fourth-order valence-corrected chi connectivity index (χ4v) is 2.85. The number of carbonyl (C=O) groups excluding carboxylic acids is 1. The van der Waals surface area contributed by atoms with Crippen LogP contribution in [0.3, 0.4) is 0 Å². The third kappa shape index (κ3) is 3.90. The van der Waals surface area contributed by atoms with Gasteiger partial charge in [0.2, 0.25) is 0 Å². The molecule has 1 atom stereocenters. The number of para-hydroxylation sites is 2. The second-order valence-corrected chi connectivity index (χ2v) is 5.85. The Morgan fingerprint density at radius 1 is 1.17 bits per heavy atom. The fraction of sp³-hybridized carbons (Fsp3) is 0.316. The Kier molecular flexibility index (Phi) is 4.93. The Morgan fingerprint density at radius 3 is 2.65 bits per heavy atom. The van der Waals surface area contributed by atoms with Crippen LogP contribution in [0.25, 0.3) is 0 Å². The van der Waals surface area contributed by atoms with Crippen molar-refractivity contribution in [2.45, 2.75) is 25.5 Å². The van der Waals surface area contributed by atoms with Gasteiger partial charge in [0, 0.05) is 20.2 Å². The van der Waals surface area contributed by atoms with Crippen LogP contribution >= 0.6 is 0 Å². The van der Waals surface area contributed by atoms with Crippen molar-refractivity contribution in [1.82, 2.24) is 0 Å². The smallest absolute Gasteiger partial charge is 0.253 e. The molecule has 3 rings (SSSR count). The maximum absolute atomic E-state index is 12.3. The van der Waals surface area contributed by atoms with Gasteiger partial charge in [0.1, 0.15) is 6.10 Å². The van der Waals surface area contributed by atoms with E-state index in [1.165, 1.54) is 5.56 Å². The predicted octanol–water partition coefficient (Wildman–Crippen LogP) is 3.44. The second kappa shape index (κ2) is 7.29. The van der Waals surface area contributed by atoms with E-state index in [0.717, 1.165) is 30.8 Å². The van der Waals surface area contributed by atoms with E-state index in [1.54, 1.807) is 0 Å². The number of benzene rings is 2. The maximum atomic E-state index is 12.3. The monoisotopic (exact) mass is 310 g/mol. The number of ether oxygens (including phenoxy) is 1. The zero-order valence-electron chi connectivity index (χ0n) is 13.4. The molecule has 2 aromatic carbocycles. The van der Waals surface area contributed by atoms with Crippen LogP contribution in [-0.2, 0) is 16.1 Å². The van der Waals surface area contributed by atoms with E-state index in [9.17, 15) is 4.79 Å². The van der Waals surface area contributed by atoms with E-state index < -0.39 is 0 Å². The molecule has 1 amide bonds. The summed E-state index contributed by atoms with van der Waals surface area (Å²) in [4.78, 5) is 14.4. The lowest BCUT2D eigenvalue weighted by Crippen LogP contribution is -2.28. The Bertz CT molecular complexity index is 651. The largest absolute Gasteiger partial charge is 0.369 e. The number of nitrogens with zero attached hydrogens (tertiary/aromatic N) is 1. The van der Waals surface area contributed by atoms with Crippen molar-refractivity contribution >= 4 is 17.3 Å². The van der Waals surface area contributed by atoms with Crippen LogP contribution in [0, 0.1) is 0 Å². The summed E-state index contributed by atoms with van der Waals surface area (Å²) in [5.41, 5.74) is 3.06. The van der Waals surface area contributed by atoms with Gasteiger partial charge in [0.05, 0.1) is 11.4 Å². The number of amides is 1. The number of hydrogen-bond acceptors (Lipinski definition) is 3. The highest BCUT2D eigenvalue weighted by molar-refractivity contribution is 5.97. The van der Waals surface area contributed by atoms with Gasteiger partial charge in [0.25, 0.3) is 5.91 Å². The van der Waals surface area contributed by atoms with Crippen molar-refractivity contribution in [3.63, 3.8) is 0 Å². The molecule has 1 N–H and O–H groups in total. The molecule has 0 unspecified atom stereocenters. The van der Waals surface area contributed by atoms with Crippen LogP contribution in [-0.4, -0.2) is 25.7 Å².